The van der Waals surface area contributed by atoms with Gasteiger partial charge in [0.1, 0.15) is 10.9 Å². The van der Waals surface area contributed by atoms with Crippen molar-refractivity contribution in [3.63, 3.8) is 0 Å². The van der Waals surface area contributed by atoms with E-state index in [1.165, 1.54) is 0 Å². The molecule has 1 aromatic heterocycles. The second-order valence-corrected chi connectivity index (χ2v) is 4.54. The van der Waals surface area contributed by atoms with E-state index in [1.54, 1.807) is 7.11 Å². The molecule has 1 unspecified atom stereocenters. The number of hydrogen-bond acceptors (Lipinski definition) is 3. The zero-order chi connectivity index (χ0) is 12.4. The highest BCUT2D eigenvalue weighted by molar-refractivity contribution is 6.30. The molecule has 1 atom stereocenters. The van der Waals surface area contributed by atoms with Gasteiger partial charge in [-0.25, -0.2) is 4.98 Å². The van der Waals surface area contributed by atoms with E-state index in [0.29, 0.717) is 5.15 Å². The topological polar surface area (TPSA) is 48.1 Å². The van der Waals surface area contributed by atoms with Crippen LogP contribution in [0.25, 0.3) is 10.9 Å². The maximum absolute atomic E-state index is 6.12. The lowest BCUT2D eigenvalue weighted by atomic mass is 10.1. The second-order valence-electron chi connectivity index (χ2n) is 4.18. The third-order valence-electron chi connectivity index (χ3n) is 2.59. The van der Waals surface area contributed by atoms with E-state index in [9.17, 15) is 0 Å². The first-order valence-electron chi connectivity index (χ1n) is 5.49. The summed E-state index contributed by atoms with van der Waals surface area (Å²) in [5.41, 5.74) is 7.62. The number of ether oxygens (including phenoxy) is 1. The van der Waals surface area contributed by atoms with Crippen LogP contribution in [0.4, 0.5) is 0 Å². The Labute approximate surface area is 106 Å². The highest BCUT2D eigenvalue weighted by atomic mass is 35.5. The molecule has 4 heteroatoms. The largest absolute Gasteiger partial charge is 0.497 e. The van der Waals surface area contributed by atoms with Crippen molar-refractivity contribution in [1.29, 1.82) is 0 Å². The summed E-state index contributed by atoms with van der Waals surface area (Å²) < 4.78 is 5.19. The summed E-state index contributed by atoms with van der Waals surface area (Å²) in [6.07, 6.45) is 0.721. The summed E-state index contributed by atoms with van der Waals surface area (Å²) in [6, 6.07) is 7.81. The van der Waals surface area contributed by atoms with Crippen LogP contribution in [-0.4, -0.2) is 18.1 Å². The van der Waals surface area contributed by atoms with E-state index in [2.05, 4.69) is 4.98 Å². The Morgan fingerprint density at radius 2 is 2.18 bits per heavy atom. The van der Waals surface area contributed by atoms with Gasteiger partial charge in [0.25, 0.3) is 0 Å². The van der Waals surface area contributed by atoms with Gasteiger partial charge in [-0.1, -0.05) is 11.6 Å². The van der Waals surface area contributed by atoms with Crippen LogP contribution in [0.5, 0.6) is 5.75 Å². The number of nitrogens with zero attached hydrogens (tertiary/aromatic N) is 1. The van der Waals surface area contributed by atoms with Crippen LogP contribution in [0, 0.1) is 0 Å². The molecule has 0 saturated heterocycles. The fourth-order valence-corrected chi connectivity index (χ4v) is 2.01. The van der Waals surface area contributed by atoms with Crippen molar-refractivity contribution in [2.45, 2.75) is 19.4 Å². The number of halogens is 1. The Balaban J connectivity index is 2.52. The van der Waals surface area contributed by atoms with E-state index < -0.39 is 0 Å². The van der Waals surface area contributed by atoms with Crippen molar-refractivity contribution >= 4 is 22.5 Å². The SMILES string of the molecule is COc1ccc2nc(Cl)c(CC(C)N)cc2c1. The Morgan fingerprint density at radius 1 is 1.41 bits per heavy atom. The molecular weight excluding hydrogens is 236 g/mol. The van der Waals surface area contributed by atoms with Crippen LogP contribution in [0.2, 0.25) is 5.15 Å². The van der Waals surface area contributed by atoms with Gasteiger partial charge in [0.15, 0.2) is 0 Å². The molecule has 0 bridgehead atoms. The molecule has 3 nitrogen and oxygen atoms in total. The Hall–Kier alpha value is -1.32. The minimum Gasteiger partial charge on any atom is -0.497 e. The molecule has 17 heavy (non-hydrogen) atoms. The second kappa shape index (κ2) is 4.90. The van der Waals surface area contributed by atoms with Crippen LogP contribution in [0.3, 0.4) is 0 Å². The van der Waals surface area contributed by atoms with Gasteiger partial charge in [-0.05, 0) is 43.2 Å². The monoisotopic (exact) mass is 250 g/mol. The van der Waals surface area contributed by atoms with E-state index in [4.69, 9.17) is 22.1 Å². The molecule has 0 spiro atoms. The highest BCUT2D eigenvalue weighted by Gasteiger charge is 2.07. The predicted molar refractivity (Wildman–Crippen MR) is 70.7 cm³/mol. The molecule has 0 saturated carbocycles. The molecule has 2 rings (SSSR count). The van der Waals surface area contributed by atoms with Crippen molar-refractivity contribution in [2.24, 2.45) is 5.73 Å². The van der Waals surface area contributed by atoms with Crippen molar-refractivity contribution in [3.05, 3.63) is 35.0 Å². The number of benzene rings is 1. The zero-order valence-corrected chi connectivity index (χ0v) is 10.7. The molecule has 90 valence electrons. The van der Waals surface area contributed by atoms with Crippen LogP contribution < -0.4 is 10.5 Å². The van der Waals surface area contributed by atoms with Crippen LogP contribution in [0.15, 0.2) is 24.3 Å². The molecule has 0 aliphatic rings. The Bertz CT molecular complexity index is 540. The molecule has 2 aromatic rings. The third-order valence-corrected chi connectivity index (χ3v) is 2.92. The number of nitrogens with two attached hydrogens (primary N) is 1. The van der Waals surface area contributed by atoms with Crippen LogP contribution in [0.1, 0.15) is 12.5 Å². The molecule has 0 aliphatic carbocycles. The van der Waals surface area contributed by atoms with Gasteiger partial charge in [0.05, 0.1) is 12.6 Å². The number of methoxy groups -OCH3 is 1. The van der Waals surface area contributed by atoms with Crippen molar-refractivity contribution < 1.29 is 4.74 Å². The fourth-order valence-electron chi connectivity index (χ4n) is 1.79. The van der Waals surface area contributed by atoms with E-state index in [-0.39, 0.29) is 6.04 Å². The third kappa shape index (κ3) is 2.68. The summed E-state index contributed by atoms with van der Waals surface area (Å²) in [6.45, 7) is 1.95. The average Bonchev–Trinajstić information content (AvgIpc) is 2.29. The number of rotatable bonds is 3. The minimum absolute atomic E-state index is 0.0670. The quantitative estimate of drug-likeness (QED) is 0.853. The highest BCUT2D eigenvalue weighted by Crippen LogP contribution is 2.24. The molecular formula is C13H15ClN2O. The van der Waals surface area contributed by atoms with Crippen LogP contribution in [-0.2, 0) is 6.42 Å². The van der Waals surface area contributed by atoms with Gasteiger partial charge in [-0.15, -0.1) is 0 Å². The number of fused-ring (bicyclic) bond motifs is 1. The summed E-state index contributed by atoms with van der Waals surface area (Å²) in [5, 5.41) is 1.55. The van der Waals surface area contributed by atoms with Gasteiger partial charge in [-0.3, -0.25) is 0 Å². The van der Waals surface area contributed by atoms with E-state index >= 15 is 0 Å². The van der Waals surface area contributed by atoms with Crippen LogP contribution >= 0.6 is 11.6 Å². The molecule has 1 heterocycles. The Kier molecular flexibility index (Phi) is 3.50. The number of pyridine rings is 1. The normalized spacial score (nSPS) is 12.7. The van der Waals surface area contributed by atoms with E-state index in [0.717, 1.165) is 28.6 Å². The van der Waals surface area contributed by atoms with E-state index in [1.807, 2.05) is 31.2 Å². The van der Waals surface area contributed by atoms with Gasteiger partial charge in [0, 0.05) is 11.4 Å². The van der Waals surface area contributed by atoms with Gasteiger partial charge in [-0.2, -0.15) is 0 Å². The smallest absolute Gasteiger partial charge is 0.133 e. The molecule has 2 N–H and O–H groups in total. The van der Waals surface area contributed by atoms with Gasteiger partial charge < -0.3 is 10.5 Å². The lowest BCUT2D eigenvalue weighted by Gasteiger charge is -2.09. The first-order chi connectivity index (χ1) is 8.10. The molecule has 0 radical (unpaired) electrons. The molecule has 0 fully saturated rings. The Morgan fingerprint density at radius 3 is 2.82 bits per heavy atom. The van der Waals surface area contributed by atoms with Gasteiger partial charge in [0.2, 0.25) is 0 Å². The molecule has 0 amide bonds. The summed E-state index contributed by atoms with van der Waals surface area (Å²) in [5.74, 6) is 0.813. The first-order valence-corrected chi connectivity index (χ1v) is 5.86. The number of hydrogen-bond donors (Lipinski definition) is 1. The predicted octanol–water partition coefficient (Wildman–Crippen LogP) is 2.79. The zero-order valence-electron chi connectivity index (χ0n) is 9.90. The maximum atomic E-state index is 6.12. The minimum atomic E-state index is 0.0670. The lowest BCUT2D eigenvalue weighted by Crippen LogP contribution is -2.18. The maximum Gasteiger partial charge on any atom is 0.133 e. The summed E-state index contributed by atoms with van der Waals surface area (Å²) in [7, 11) is 1.65. The first kappa shape index (κ1) is 12.1. The summed E-state index contributed by atoms with van der Waals surface area (Å²) in [4.78, 5) is 4.36. The fraction of sp³-hybridized carbons (Fsp3) is 0.308. The summed E-state index contributed by atoms with van der Waals surface area (Å²) >= 11 is 6.12. The molecule has 1 aromatic carbocycles. The molecule has 0 aliphatic heterocycles. The van der Waals surface area contributed by atoms with Crippen molar-refractivity contribution in [2.75, 3.05) is 7.11 Å². The van der Waals surface area contributed by atoms with Crippen molar-refractivity contribution in [1.82, 2.24) is 4.98 Å². The van der Waals surface area contributed by atoms with Gasteiger partial charge >= 0.3 is 0 Å². The standard InChI is InChI=1S/C13H15ClN2O/c1-8(15)5-10-6-9-7-11(17-2)3-4-12(9)16-13(10)14/h3-4,6-8H,5,15H2,1-2H3. The number of aromatic nitrogens is 1. The average molecular weight is 251 g/mol. The van der Waals surface area contributed by atoms with Crippen molar-refractivity contribution in [3.8, 4) is 5.75 Å². The lowest BCUT2D eigenvalue weighted by molar-refractivity contribution is 0.415.